The first-order valence-electron chi connectivity index (χ1n) is 19.7. The highest BCUT2D eigenvalue weighted by molar-refractivity contribution is 8.00. The first kappa shape index (κ1) is 47.7. The van der Waals surface area contributed by atoms with Gasteiger partial charge in [0.05, 0.1) is 19.2 Å². The molecule has 4 aliphatic heterocycles. The fourth-order valence-electron chi connectivity index (χ4n) is 7.72. The van der Waals surface area contributed by atoms with Gasteiger partial charge in [0.2, 0.25) is 0 Å². The minimum Gasteiger partial charge on any atom is -0.394 e. The summed E-state index contributed by atoms with van der Waals surface area (Å²) in [6.07, 6.45) is -16.5. The summed E-state index contributed by atoms with van der Waals surface area (Å²) >= 11 is 0. The second-order valence-electron chi connectivity index (χ2n) is 15.4. The van der Waals surface area contributed by atoms with Crippen LogP contribution >= 0.6 is 0 Å². The van der Waals surface area contributed by atoms with E-state index < -0.39 is 114 Å². The van der Waals surface area contributed by atoms with E-state index in [0.717, 1.165) is 39.3 Å². The van der Waals surface area contributed by atoms with Gasteiger partial charge >= 0.3 is 0 Å². The number of aliphatic imine (C=N–C) groups is 1. The zero-order valence-corrected chi connectivity index (χ0v) is 33.9. The molecule has 5 aliphatic rings. The molecule has 3 saturated heterocycles. The summed E-state index contributed by atoms with van der Waals surface area (Å²) in [4.78, 5) is 9.40. The Kier molecular flexibility index (Phi) is 16.7. The molecule has 16 N–H and O–H groups in total. The SMILES string of the molecule is CCN1CCN(CCN=C2NS(=O)(=O)C(c3ccc(F)cc3)=C2C)CC1.NC[C@H]1O[C@H](O[C@H]2[C@H](O)[C@@H](O[C@H]3O[C@H](CO)[C@@H](O)[C@H](N)[C@H]3O)[C@H](N)C[C@@H]2N)[C@H](O)[C@@H](O)[C@@H]1O. The van der Waals surface area contributed by atoms with E-state index in [1.165, 1.54) is 24.3 Å². The largest absolute Gasteiger partial charge is 0.394 e. The Morgan fingerprint density at radius 1 is 0.831 bits per heavy atom. The van der Waals surface area contributed by atoms with Gasteiger partial charge in [-0.25, -0.2) is 12.8 Å². The Balaban J connectivity index is 0.000000230. The third kappa shape index (κ3) is 11.0. The second-order valence-corrected chi connectivity index (χ2v) is 17.0. The predicted octanol–water partition coefficient (Wildman–Crippen LogP) is -5.77. The van der Waals surface area contributed by atoms with Gasteiger partial charge in [-0.3, -0.25) is 14.6 Å². The number of rotatable bonds is 11. The molecule has 1 aromatic carbocycles. The summed E-state index contributed by atoms with van der Waals surface area (Å²) in [7, 11) is -3.66. The summed E-state index contributed by atoms with van der Waals surface area (Å²) in [6, 6.07) is 2.61. The number of ether oxygens (including phenoxy) is 4. The van der Waals surface area contributed by atoms with E-state index in [4.69, 9.17) is 41.9 Å². The number of hydrogen-bond acceptors (Lipinski definition) is 20. The zero-order valence-electron chi connectivity index (χ0n) is 33.1. The molecule has 0 unspecified atom stereocenters. The molecule has 1 saturated carbocycles. The van der Waals surface area contributed by atoms with Crippen LogP contribution in [0.3, 0.4) is 0 Å². The normalized spacial score (nSPS) is 40.1. The molecule has 6 rings (SSSR count). The molecular formula is C36H61FN8O13S. The number of piperazine rings is 1. The second kappa shape index (κ2) is 20.7. The molecule has 4 fully saturated rings. The molecule has 0 spiro atoms. The monoisotopic (exact) mass is 864 g/mol. The van der Waals surface area contributed by atoms with Crippen LogP contribution in [0.2, 0.25) is 0 Å². The first-order valence-corrected chi connectivity index (χ1v) is 21.2. The molecular weight excluding hydrogens is 804 g/mol. The Morgan fingerprint density at radius 3 is 1.95 bits per heavy atom. The first-order chi connectivity index (χ1) is 27.9. The summed E-state index contributed by atoms with van der Waals surface area (Å²) in [5.41, 5.74) is 24.6. The summed E-state index contributed by atoms with van der Waals surface area (Å²) in [6.45, 7) is 9.71. The van der Waals surface area contributed by atoms with Crippen molar-refractivity contribution < 1.29 is 67.5 Å². The molecule has 23 heteroatoms. The molecule has 0 amide bonds. The lowest BCUT2D eigenvalue weighted by molar-refractivity contribution is -0.332. The van der Waals surface area contributed by atoms with Crippen LogP contribution in [0.1, 0.15) is 25.8 Å². The number of likely N-dealkylation sites (N-methyl/N-ethyl adjacent to an activating group) is 1. The summed E-state index contributed by atoms with van der Waals surface area (Å²) < 4.78 is 62.7. The molecule has 0 bridgehead atoms. The smallest absolute Gasteiger partial charge is 0.264 e. The number of halogens is 1. The molecule has 1 aliphatic carbocycles. The lowest BCUT2D eigenvalue weighted by Gasteiger charge is -2.48. The van der Waals surface area contributed by atoms with Crippen LogP contribution in [-0.4, -0.2) is 211 Å². The van der Waals surface area contributed by atoms with Gasteiger partial charge in [0.15, 0.2) is 12.6 Å². The number of hydrogen-bond donors (Lipinski definition) is 12. The van der Waals surface area contributed by atoms with E-state index in [0.29, 0.717) is 23.5 Å². The van der Waals surface area contributed by atoms with Crippen molar-refractivity contribution in [2.45, 2.75) is 112 Å². The van der Waals surface area contributed by atoms with E-state index in [-0.39, 0.29) is 17.9 Å². The maximum atomic E-state index is 13.1. The van der Waals surface area contributed by atoms with Crippen LogP contribution in [0.25, 0.3) is 4.91 Å². The minimum atomic E-state index is -3.66. The van der Waals surface area contributed by atoms with Crippen LogP contribution in [0.15, 0.2) is 34.8 Å². The lowest BCUT2D eigenvalue weighted by atomic mass is 9.84. The van der Waals surface area contributed by atoms with Gasteiger partial charge in [-0.1, -0.05) is 19.1 Å². The predicted molar refractivity (Wildman–Crippen MR) is 210 cm³/mol. The van der Waals surface area contributed by atoms with Crippen molar-refractivity contribution in [3.63, 3.8) is 0 Å². The standard InChI is InChI=1S/C18H25FN4O2S.C18H36N4O11/c1-3-22-10-12-23(13-11-22)9-8-20-18-14(2)17(26(24,25)21-18)15-4-6-16(19)7-5-15;19-2-6-10(25)12(27)13(28)18(30-6)33-16-5(21)1-4(20)15(14(16)29)32-17-11(26)8(22)9(24)7(3-23)31-17/h4-7H,3,8-13H2,1-2H3,(H,20,21);4-18,23-29H,1-3,19-22H2/t;4-,5+,6-,7-,8+,9-,10-,11-,12+,13-,14-,15+,16-,17-,18-/m.1/s1. The highest BCUT2D eigenvalue weighted by Crippen LogP contribution is 2.32. The van der Waals surface area contributed by atoms with Gasteiger partial charge in [0.25, 0.3) is 10.0 Å². The number of aliphatic hydroxyl groups is 7. The Labute approximate surface area is 342 Å². The van der Waals surface area contributed by atoms with Crippen LogP contribution < -0.4 is 27.7 Å². The number of nitrogens with zero attached hydrogens (tertiary/aromatic N) is 3. The number of amidine groups is 1. The van der Waals surface area contributed by atoms with Gasteiger partial charge in [-0.05, 0) is 37.6 Å². The van der Waals surface area contributed by atoms with Gasteiger partial charge < -0.3 is 82.5 Å². The van der Waals surface area contributed by atoms with Crippen LogP contribution in [0.5, 0.6) is 0 Å². The molecule has 21 nitrogen and oxygen atoms in total. The van der Waals surface area contributed by atoms with Crippen molar-refractivity contribution in [2.24, 2.45) is 27.9 Å². The van der Waals surface area contributed by atoms with Crippen molar-refractivity contribution in [2.75, 3.05) is 59.0 Å². The highest BCUT2D eigenvalue weighted by Gasteiger charge is 2.51. The molecule has 0 aromatic heterocycles. The zero-order chi connectivity index (χ0) is 43.3. The van der Waals surface area contributed by atoms with E-state index >= 15 is 0 Å². The van der Waals surface area contributed by atoms with Crippen molar-refractivity contribution in [3.8, 4) is 0 Å². The van der Waals surface area contributed by atoms with Crippen LogP contribution in [0.4, 0.5) is 4.39 Å². The van der Waals surface area contributed by atoms with Gasteiger partial charge in [-0.2, -0.15) is 0 Å². The Bertz CT molecular complexity index is 1640. The van der Waals surface area contributed by atoms with Gasteiger partial charge in [0, 0.05) is 56.9 Å². The van der Waals surface area contributed by atoms with E-state index in [1.807, 2.05) is 0 Å². The maximum absolute atomic E-state index is 13.1. The van der Waals surface area contributed by atoms with Crippen molar-refractivity contribution >= 4 is 20.8 Å². The molecule has 15 atom stereocenters. The van der Waals surface area contributed by atoms with Gasteiger partial charge in [-0.15, -0.1) is 0 Å². The number of aliphatic hydroxyl groups excluding tert-OH is 7. The lowest BCUT2D eigenvalue weighted by Crippen LogP contribution is -2.68. The van der Waals surface area contributed by atoms with E-state index in [2.05, 4.69) is 26.4 Å². The Morgan fingerprint density at radius 2 is 1.39 bits per heavy atom. The number of nitrogens with one attached hydrogen (secondary N) is 1. The number of nitrogens with two attached hydrogens (primary N) is 4. The topological polar surface area (TPSA) is 348 Å². The number of sulfonamides is 1. The van der Waals surface area contributed by atoms with Crippen LogP contribution in [0, 0.1) is 5.82 Å². The minimum absolute atomic E-state index is 0.0849. The van der Waals surface area contributed by atoms with Crippen molar-refractivity contribution in [1.29, 1.82) is 0 Å². The van der Waals surface area contributed by atoms with Gasteiger partial charge in [0.1, 0.15) is 77.6 Å². The van der Waals surface area contributed by atoms with Crippen molar-refractivity contribution in [1.82, 2.24) is 14.5 Å². The summed E-state index contributed by atoms with van der Waals surface area (Å²) in [5, 5.41) is 70.9. The molecule has 336 valence electrons. The molecule has 4 heterocycles. The third-order valence-electron chi connectivity index (χ3n) is 11.4. The molecule has 59 heavy (non-hydrogen) atoms. The fourth-order valence-corrected chi connectivity index (χ4v) is 9.24. The molecule has 1 aromatic rings. The average molecular weight is 865 g/mol. The quantitative estimate of drug-likeness (QED) is 0.0986. The van der Waals surface area contributed by atoms with E-state index in [1.54, 1.807) is 6.92 Å². The van der Waals surface area contributed by atoms with Crippen LogP contribution in [-0.2, 0) is 29.0 Å². The summed E-state index contributed by atoms with van der Waals surface area (Å²) in [5.74, 6) is -0.0102. The van der Waals surface area contributed by atoms with E-state index in [9.17, 15) is 48.6 Å². The number of benzene rings is 1. The fraction of sp³-hybridized carbons (Fsp3) is 0.750. The Hall–Kier alpha value is -2.37. The average Bonchev–Trinajstić information content (AvgIpc) is 3.44. The third-order valence-corrected chi connectivity index (χ3v) is 12.9. The molecule has 0 radical (unpaired) electrons. The maximum Gasteiger partial charge on any atom is 0.264 e. The van der Waals surface area contributed by atoms with Crippen molar-refractivity contribution in [3.05, 3.63) is 41.2 Å². The highest BCUT2D eigenvalue weighted by atomic mass is 32.2.